The molecule has 0 fully saturated rings. The first-order valence-electron chi connectivity index (χ1n) is 10.8. The second-order valence-electron chi connectivity index (χ2n) is 8.21. The molecular formula is C25H34ClNO4. The zero-order chi connectivity index (χ0) is 22.9. The molecule has 0 heterocycles. The lowest BCUT2D eigenvalue weighted by Crippen LogP contribution is -2.38. The van der Waals surface area contributed by atoms with E-state index in [1.165, 1.54) is 0 Å². The van der Waals surface area contributed by atoms with Crippen LogP contribution in [-0.2, 0) is 20.8 Å². The first kappa shape index (κ1) is 25.2. The van der Waals surface area contributed by atoms with Crippen molar-refractivity contribution in [1.82, 2.24) is 4.90 Å². The minimum atomic E-state index is -0.580. The lowest BCUT2D eigenvalue weighted by Gasteiger charge is -2.29. The van der Waals surface area contributed by atoms with Crippen molar-refractivity contribution in [3.8, 4) is 11.1 Å². The Labute approximate surface area is 191 Å². The van der Waals surface area contributed by atoms with Crippen LogP contribution in [0.15, 0.2) is 48.5 Å². The molecule has 0 saturated heterocycles. The van der Waals surface area contributed by atoms with E-state index in [9.17, 15) is 4.79 Å². The van der Waals surface area contributed by atoms with E-state index in [1.807, 2.05) is 83.1 Å². The maximum atomic E-state index is 12.9. The van der Waals surface area contributed by atoms with E-state index in [4.69, 9.17) is 25.8 Å². The Morgan fingerprint density at radius 3 is 2.23 bits per heavy atom. The van der Waals surface area contributed by atoms with E-state index in [2.05, 4.69) is 0 Å². The summed E-state index contributed by atoms with van der Waals surface area (Å²) in [6, 6.07) is 15.9. The van der Waals surface area contributed by atoms with Gasteiger partial charge in [-0.25, -0.2) is 4.79 Å². The highest BCUT2D eigenvalue weighted by atomic mass is 35.5. The van der Waals surface area contributed by atoms with Crippen molar-refractivity contribution in [2.24, 2.45) is 0 Å². The van der Waals surface area contributed by atoms with Crippen molar-refractivity contribution in [2.75, 3.05) is 19.8 Å². The van der Waals surface area contributed by atoms with Crippen molar-refractivity contribution in [3.63, 3.8) is 0 Å². The molecule has 31 heavy (non-hydrogen) atoms. The standard InChI is InChI=1S/C25H34ClNO4/c1-6-29-23(30-7-2)15-16-27(24(28)31-25(3,4)5)18-19-13-14-21(22(26)17-19)20-11-9-8-10-12-20/h8-14,17,23H,6-7,15-16,18H2,1-5H3. The third-order valence-electron chi connectivity index (χ3n) is 4.48. The number of amides is 1. The Balaban J connectivity index is 2.17. The maximum absolute atomic E-state index is 12.9. The van der Waals surface area contributed by atoms with Gasteiger partial charge in [-0.05, 0) is 51.8 Å². The summed E-state index contributed by atoms with van der Waals surface area (Å²) in [5.41, 5.74) is 2.37. The predicted molar refractivity (Wildman–Crippen MR) is 125 cm³/mol. The normalized spacial score (nSPS) is 11.6. The van der Waals surface area contributed by atoms with Gasteiger partial charge in [0, 0.05) is 43.3 Å². The number of halogens is 1. The van der Waals surface area contributed by atoms with Gasteiger partial charge < -0.3 is 19.1 Å². The molecule has 0 aliphatic carbocycles. The van der Waals surface area contributed by atoms with Crippen molar-refractivity contribution >= 4 is 17.7 Å². The maximum Gasteiger partial charge on any atom is 0.410 e. The quantitative estimate of drug-likeness (QED) is 0.388. The molecule has 0 N–H and O–H groups in total. The van der Waals surface area contributed by atoms with Crippen molar-refractivity contribution in [3.05, 3.63) is 59.1 Å². The average molecular weight is 448 g/mol. The molecule has 0 unspecified atom stereocenters. The monoisotopic (exact) mass is 447 g/mol. The Bertz CT molecular complexity index is 814. The lowest BCUT2D eigenvalue weighted by molar-refractivity contribution is -0.141. The van der Waals surface area contributed by atoms with E-state index in [0.29, 0.717) is 37.7 Å². The molecule has 0 aliphatic rings. The van der Waals surface area contributed by atoms with Gasteiger partial charge in [0.1, 0.15) is 5.60 Å². The third-order valence-corrected chi connectivity index (χ3v) is 4.80. The number of nitrogens with zero attached hydrogens (tertiary/aromatic N) is 1. The molecule has 2 rings (SSSR count). The Morgan fingerprint density at radius 1 is 1.03 bits per heavy atom. The predicted octanol–water partition coefficient (Wildman–Crippen LogP) is 6.53. The molecule has 170 valence electrons. The zero-order valence-electron chi connectivity index (χ0n) is 19.2. The summed E-state index contributed by atoms with van der Waals surface area (Å²) in [6.07, 6.45) is -0.178. The summed E-state index contributed by atoms with van der Waals surface area (Å²) in [4.78, 5) is 14.5. The number of carbonyl (C=O) groups excluding carboxylic acids is 1. The van der Waals surface area contributed by atoms with Gasteiger partial charge in [-0.3, -0.25) is 0 Å². The van der Waals surface area contributed by atoms with E-state index in [0.717, 1.165) is 16.7 Å². The van der Waals surface area contributed by atoms with E-state index in [-0.39, 0.29) is 12.4 Å². The van der Waals surface area contributed by atoms with Crippen LogP contribution in [0, 0.1) is 0 Å². The minimum Gasteiger partial charge on any atom is -0.444 e. The molecule has 0 bridgehead atoms. The fourth-order valence-electron chi connectivity index (χ4n) is 3.14. The van der Waals surface area contributed by atoms with Crippen LogP contribution in [0.4, 0.5) is 4.79 Å². The summed E-state index contributed by atoms with van der Waals surface area (Å²) < 4.78 is 16.9. The number of benzene rings is 2. The molecule has 2 aromatic carbocycles. The van der Waals surface area contributed by atoms with E-state index >= 15 is 0 Å². The van der Waals surface area contributed by atoms with Crippen LogP contribution in [-0.4, -0.2) is 42.6 Å². The van der Waals surface area contributed by atoms with Gasteiger partial charge in [0.15, 0.2) is 6.29 Å². The van der Waals surface area contributed by atoms with Gasteiger partial charge >= 0.3 is 6.09 Å². The number of carbonyl (C=O) groups is 1. The Hall–Kier alpha value is -2.08. The van der Waals surface area contributed by atoms with Gasteiger partial charge in [-0.2, -0.15) is 0 Å². The molecule has 0 atom stereocenters. The average Bonchev–Trinajstić information content (AvgIpc) is 2.70. The highest BCUT2D eigenvalue weighted by molar-refractivity contribution is 6.33. The van der Waals surface area contributed by atoms with Gasteiger partial charge in [0.05, 0.1) is 0 Å². The van der Waals surface area contributed by atoms with Crippen LogP contribution in [0.3, 0.4) is 0 Å². The molecule has 1 amide bonds. The van der Waals surface area contributed by atoms with Gasteiger partial charge in [0.25, 0.3) is 0 Å². The summed E-state index contributed by atoms with van der Waals surface area (Å²) in [7, 11) is 0. The number of rotatable bonds is 10. The van der Waals surface area contributed by atoms with Gasteiger partial charge in [0.2, 0.25) is 0 Å². The van der Waals surface area contributed by atoms with E-state index in [1.54, 1.807) is 4.90 Å². The molecule has 5 nitrogen and oxygen atoms in total. The molecule has 2 aromatic rings. The van der Waals surface area contributed by atoms with Crippen LogP contribution in [0.25, 0.3) is 11.1 Å². The molecule has 0 saturated carbocycles. The first-order chi connectivity index (χ1) is 14.7. The number of hydrogen-bond donors (Lipinski definition) is 0. The number of ether oxygens (including phenoxy) is 3. The Morgan fingerprint density at radius 2 is 1.68 bits per heavy atom. The molecular weight excluding hydrogens is 414 g/mol. The van der Waals surface area contributed by atoms with Crippen LogP contribution in [0.2, 0.25) is 5.02 Å². The SMILES string of the molecule is CCOC(CCN(Cc1ccc(-c2ccccc2)c(Cl)c1)C(=O)OC(C)(C)C)OCC. The summed E-state index contributed by atoms with van der Waals surface area (Å²) in [6.45, 7) is 11.4. The second kappa shape index (κ2) is 12.1. The highest BCUT2D eigenvalue weighted by Gasteiger charge is 2.24. The summed E-state index contributed by atoms with van der Waals surface area (Å²) in [5, 5.41) is 0.648. The molecule has 0 aliphatic heterocycles. The van der Waals surface area contributed by atoms with Crippen molar-refractivity contribution in [1.29, 1.82) is 0 Å². The fraction of sp³-hybridized carbons (Fsp3) is 0.480. The minimum absolute atomic E-state index is 0.357. The van der Waals surface area contributed by atoms with E-state index < -0.39 is 5.60 Å². The third kappa shape index (κ3) is 8.52. The van der Waals surface area contributed by atoms with Crippen LogP contribution in [0.5, 0.6) is 0 Å². The fourth-order valence-corrected chi connectivity index (χ4v) is 3.45. The molecule has 0 aromatic heterocycles. The van der Waals surface area contributed by atoms with Gasteiger partial charge in [-0.15, -0.1) is 0 Å². The van der Waals surface area contributed by atoms with Crippen molar-refractivity contribution in [2.45, 2.75) is 59.5 Å². The van der Waals surface area contributed by atoms with Crippen LogP contribution >= 0.6 is 11.6 Å². The lowest BCUT2D eigenvalue weighted by atomic mass is 10.0. The number of hydrogen-bond acceptors (Lipinski definition) is 4. The van der Waals surface area contributed by atoms with Crippen LogP contribution in [0.1, 0.15) is 46.6 Å². The van der Waals surface area contributed by atoms with Gasteiger partial charge in [-0.1, -0.05) is 54.1 Å². The largest absolute Gasteiger partial charge is 0.444 e. The smallest absolute Gasteiger partial charge is 0.410 e. The first-order valence-corrected chi connectivity index (χ1v) is 11.2. The zero-order valence-corrected chi connectivity index (χ0v) is 19.9. The molecule has 0 radical (unpaired) electrons. The van der Waals surface area contributed by atoms with Crippen LogP contribution < -0.4 is 0 Å². The molecule has 6 heteroatoms. The summed E-state index contributed by atoms with van der Waals surface area (Å²) >= 11 is 6.57. The topological polar surface area (TPSA) is 48.0 Å². The second-order valence-corrected chi connectivity index (χ2v) is 8.62. The van der Waals surface area contributed by atoms with Crippen molar-refractivity contribution < 1.29 is 19.0 Å². The Kier molecular flexibility index (Phi) is 9.82. The molecule has 0 spiro atoms. The highest BCUT2D eigenvalue weighted by Crippen LogP contribution is 2.29. The summed E-state index contributed by atoms with van der Waals surface area (Å²) in [5.74, 6) is 0.